The molecule has 1 aromatic rings. The SMILES string of the molecule is Cc1ccc(CNC(=O)NC(C(=O)O)C2CC2)cn1. The maximum atomic E-state index is 11.6. The predicted octanol–water partition coefficient (Wildman–Crippen LogP) is 1.05. The van der Waals surface area contributed by atoms with Crippen molar-refractivity contribution in [2.45, 2.75) is 32.4 Å². The van der Waals surface area contributed by atoms with Gasteiger partial charge < -0.3 is 15.7 Å². The number of urea groups is 1. The van der Waals surface area contributed by atoms with Crippen molar-refractivity contribution in [2.24, 2.45) is 5.92 Å². The second kappa shape index (κ2) is 5.69. The molecule has 19 heavy (non-hydrogen) atoms. The van der Waals surface area contributed by atoms with Crippen molar-refractivity contribution < 1.29 is 14.7 Å². The van der Waals surface area contributed by atoms with Crippen molar-refractivity contribution in [3.05, 3.63) is 29.6 Å². The van der Waals surface area contributed by atoms with Crippen LogP contribution >= 0.6 is 0 Å². The molecule has 3 N–H and O–H groups in total. The maximum absolute atomic E-state index is 11.6. The summed E-state index contributed by atoms with van der Waals surface area (Å²) in [5, 5.41) is 14.1. The predicted molar refractivity (Wildman–Crippen MR) is 68.5 cm³/mol. The molecule has 1 saturated carbocycles. The first kappa shape index (κ1) is 13.3. The van der Waals surface area contributed by atoms with Crippen LogP contribution in [-0.4, -0.2) is 28.1 Å². The van der Waals surface area contributed by atoms with Gasteiger partial charge in [0, 0.05) is 18.4 Å². The van der Waals surface area contributed by atoms with E-state index in [1.807, 2.05) is 19.1 Å². The summed E-state index contributed by atoms with van der Waals surface area (Å²) in [7, 11) is 0. The molecule has 0 radical (unpaired) electrons. The Morgan fingerprint density at radius 3 is 2.74 bits per heavy atom. The lowest BCUT2D eigenvalue weighted by Crippen LogP contribution is -2.46. The van der Waals surface area contributed by atoms with E-state index >= 15 is 0 Å². The highest BCUT2D eigenvalue weighted by atomic mass is 16.4. The van der Waals surface area contributed by atoms with E-state index in [0.29, 0.717) is 6.54 Å². The first-order valence-electron chi connectivity index (χ1n) is 6.25. The number of aliphatic carboxylic acids is 1. The van der Waals surface area contributed by atoms with Crippen LogP contribution in [0.2, 0.25) is 0 Å². The largest absolute Gasteiger partial charge is 0.480 e. The van der Waals surface area contributed by atoms with Crippen molar-refractivity contribution in [3.8, 4) is 0 Å². The van der Waals surface area contributed by atoms with Crippen LogP contribution in [-0.2, 0) is 11.3 Å². The first-order chi connectivity index (χ1) is 9.06. The third-order valence-electron chi connectivity index (χ3n) is 3.07. The molecule has 1 unspecified atom stereocenters. The zero-order valence-corrected chi connectivity index (χ0v) is 10.7. The van der Waals surface area contributed by atoms with Crippen molar-refractivity contribution in [2.75, 3.05) is 0 Å². The summed E-state index contributed by atoms with van der Waals surface area (Å²) in [5.74, 6) is -0.904. The van der Waals surface area contributed by atoms with Crippen LogP contribution < -0.4 is 10.6 Å². The van der Waals surface area contributed by atoms with E-state index in [1.54, 1.807) is 6.20 Å². The number of aromatic nitrogens is 1. The van der Waals surface area contributed by atoms with Crippen molar-refractivity contribution in [3.63, 3.8) is 0 Å². The molecule has 6 heteroatoms. The number of nitrogens with one attached hydrogen (secondary N) is 2. The van der Waals surface area contributed by atoms with Crippen LogP contribution in [0.1, 0.15) is 24.1 Å². The summed E-state index contributed by atoms with van der Waals surface area (Å²) < 4.78 is 0. The Kier molecular flexibility index (Phi) is 3.99. The lowest BCUT2D eigenvalue weighted by atomic mass is 10.2. The molecule has 1 fully saturated rings. The van der Waals surface area contributed by atoms with Crippen molar-refractivity contribution >= 4 is 12.0 Å². The molecule has 1 heterocycles. The van der Waals surface area contributed by atoms with Crippen LogP contribution in [0.25, 0.3) is 0 Å². The number of pyridine rings is 1. The molecule has 0 saturated heterocycles. The normalized spacial score (nSPS) is 15.6. The molecule has 1 aliphatic carbocycles. The number of carbonyl (C=O) groups excluding carboxylic acids is 1. The number of nitrogens with zero attached hydrogens (tertiary/aromatic N) is 1. The maximum Gasteiger partial charge on any atom is 0.326 e. The molecular formula is C13H17N3O3. The van der Waals surface area contributed by atoms with Gasteiger partial charge in [0.05, 0.1) is 0 Å². The highest BCUT2D eigenvalue weighted by Gasteiger charge is 2.37. The van der Waals surface area contributed by atoms with Gasteiger partial charge in [-0.15, -0.1) is 0 Å². The van der Waals surface area contributed by atoms with Crippen molar-refractivity contribution in [1.29, 1.82) is 0 Å². The number of amides is 2. The first-order valence-corrected chi connectivity index (χ1v) is 6.25. The van der Waals surface area contributed by atoms with E-state index in [-0.39, 0.29) is 5.92 Å². The Balaban J connectivity index is 1.80. The number of hydrogen-bond acceptors (Lipinski definition) is 3. The minimum absolute atomic E-state index is 0.0734. The van der Waals surface area contributed by atoms with Gasteiger partial charge in [0.15, 0.2) is 0 Å². The van der Waals surface area contributed by atoms with E-state index < -0.39 is 18.0 Å². The number of aryl methyl sites for hydroxylation is 1. The third kappa shape index (κ3) is 3.94. The molecule has 0 bridgehead atoms. The molecule has 2 rings (SSSR count). The summed E-state index contributed by atoms with van der Waals surface area (Å²) in [6, 6.07) is 2.49. The summed E-state index contributed by atoms with van der Waals surface area (Å²) in [5.41, 5.74) is 1.78. The fourth-order valence-electron chi connectivity index (χ4n) is 1.79. The second-order valence-electron chi connectivity index (χ2n) is 4.79. The lowest BCUT2D eigenvalue weighted by Gasteiger charge is -2.14. The summed E-state index contributed by atoms with van der Waals surface area (Å²) in [6.45, 7) is 2.22. The quantitative estimate of drug-likeness (QED) is 0.740. The topological polar surface area (TPSA) is 91.3 Å². The molecule has 0 spiro atoms. The molecule has 0 aromatic carbocycles. The van der Waals surface area contributed by atoms with Crippen molar-refractivity contribution in [1.82, 2.24) is 15.6 Å². The van der Waals surface area contributed by atoms with Gasteiger partial charge in [-0.3, -0.25) is 4.98 Å². The van der Waals surface area contributed by atoms with Gasteiger partial charge in [0.2, 0.25) is 0 Å². The molecule has 1 atom stereocenters. The molecule has 1 aliphatic rings. The fourth-order valence-corrected chi connectivity index (χ4v) is 1.79. The van der Waals surface area contributed by atoms with Crippen LogP contribution in [0, 0.1) is 12.8 Å². The van der Waals surface area contributed by atoms with Gasteiger partial charge >= 0.3 is 12.0 Å². The second-order valence-corrected chi connectivity index (χ2v) is 4.79. The Hall–Kier alpha value is -2.11. The molecular weight excluding hydrogens is 246 g/mol. The average Bonchev–Trinajstić information content (AvgIpc) is 3.19. The van der Waals surface area contributed by atoms with Gasteiger partial charge in [-0.2, -0.15) is 0 Å². The number of rotatable bonds is 5. The van der Waals surface area contributed by atoms with E-state index in [9.17, 15) is 9.59 Å². The highest BCUT2D eigenvalue weighted by Crippen LogP contribution is 2.32. The number of hydrogen-bond donors (Lipinski definition) is 3. The summed E-state index contributed by atoms with van der Waals surface area (Å²) in [6.07, 6.45) is 3.41. The van der Waals surface area contributed by atoms with Crippen LogP contribution in [0.15, 0.2) is 18.3 Å². The average molecular weight is 263 g/mol. The van der Waals surface area contributed by atoms with Crippen LogP contribution in [0.4, 0.5) is 4.79 Å². The molecule has 0 aliphatic heterocycles. The Labute approximate surface area is 111 Å². The van der Waals surface area contributed by atoms with Gasteiger partial charge in [0.1, 0.15) is 6.04 Å². The summed E-state index contributed by atoms with van der Waals surface area (Å²) >= 11 is 0. The minimum atomic E-state index is -0.977. The Bertz CT molecular complexity index is 469. The fraction of sp³-hybridized carbons (Fsp3) is 0.462. The highest BCUT2D eigenvalue weighted by molar-refractivity contribution is 5.83. The third-order valence-corrected chi connectivity index (χ3v) is 3.07. The lowest BCUT2D eigenvalue weighted by molar-refractivity contribution is -0.139. The zero-order valence-electron chi connectivity index (χ0n) is 10.7. The summed E-state index contributed by atoms with van der Waals surface area (Å²) in [4.78, 5) is 26.7. The smallest absolute Gasteiger partial charge is 0.326 e. The van der Waals surface area contributed by atoms with E-state index in [2.05, 4.69) is 15.6 Å². The molecule has 1 aromatic heterocycles. The number of carboxylic acid groups (broad SMARTS) is 1. The number of carboxylic acids is 1. The molecule has 6 nitrogen and oxygen atoms in total. The molecule has 102 valence electrons. The van der Waals surface area contributed by atoms with E-state index in [1.165, 1.54) is 0 Å². The Morgan fingerprint density at radius 2 is 2.21 bits per heavy atom. The number of carbonyl (C=O) groups is 2. The standard InChI is InChI=1S/C13H17N3O3/c1-8-2-3-9(6-14-8)7-15-13(19)16-11(12(17)18)10-4-5-10/h2-3,6,10-11H,4-5,7H2,1H3,(H,17,18)(H2,15,16,19). The van der Waals surface area contributed by atoms with Gasteiger partial charge in [0.25, 0.3) is 0 Å². The van der Waals surface area contributed by atoms with Gasteiger partial charge in [-0.1, -0.05) is 6.07 Å². The van der Waals surface area contributed by atoms with E-state index in [0.717, 1.165) is 24.1 Å². The van der Waals surface area contributed by atoms with Gasteiger partial charge in [-0.05, 0) is 37.3 Å². The zero-order chi connectivity index (χ0) is 13.8. The Morgan fingerprint density at radius 1 is 1.47 bits per heavy atom. The molecule has 2 amide bonds. The minimum Gasteiger partial charge on any atom is -0.480 e. The van der Waals surface area contributed by atoms with Crippen LogP contribution in [0.5, 0.6) is 0 Å². The van der Waals surface area contributed by atoms with Gasteiger partial charge in [-0.25, -0.2) is 9.59 Å². The monoisotopic (exact) mass is 263 g/mol. The van der Waals surface area contributed by atoms with E-state index in [4.69, 9.17) is 5.11 Å². The van der Waals surface area contributed by atoms with Crippen LogP contribution in [0.3, 0.4) is 0 Å².